The predicted molar refractivity (Wildman–Crippen MR) is 74.8 cm³/mol. The van der Waals surface area contributed by atoms with Crippen molar-refractivity contribution >= 4 is 17.9 Å². The van der Waals surface area contributed by atoms with E-state index in [2.05, 4.69) is 10.6 Å². The van der Waals surface area contributed by atoms with Crippen LogP contribution in [-0.2, 0) is 14.3 Å². The maximum absolute atomic E-state index is 12.1. The van der Waals surface area contributed by atoms with E-state index in [-0.39, 0.29) is 25.2 Å². The van der Waals surface area contributed by atoms with Crippen LogP contribution >= 0.6 is 0 Å². The van der Waals surface area contributed by atoms with Crippen molar-refractivity contribution in [2.45, 2.75) is 38.9 Å². The average molecular weight is 301 g/mol. The lowest BCUT2D eigenvalue weighted by Crippen LogP contribution is -2.54. The van der Waals surface area contributed by atoms with Gasteiger partial charge in [0.15, 0.2) is 0 Å². The van der Waals surface area contributed by atoms with Gasteiger partial charge in [-0.25, -0.2) is 4.79 Å². The molecular formula is C13H23N3O5. The summed E-state index contributed by atoms with van der Waals surface area (Å²) in [6.45, 7) is 5.48. The number of ether oxygens (including phenoxy) is 1. The van der Waals surface area contributed by atoms with Gasteiger partial charge in [-0.05, 0) is 20.8 Å². The molecular weight excluding hydrogens is 278 g/mol. The predicted octanol–water partition coefficient (Wildman–Crippen LogP) is -0.359. The van der Waals surface area contributed by atoms with Crippen LogP contribution in [0.2, 0.25) is 0 Å². The number of hydrogen-bond donors (Lipinski definition) is 3. The summed E-state index contributed by atoms with van der Waals surface area (Å²) in [5.74, 6) is -2.03. The van der Waals surface area contributed by atoms with Gasteiger partial charge in [-0.2, -0.15) is 0 Å². The van der Waals surface area contributed by atoms with Gasteiger partial charge in [-0.3, -0.25) is 9.59 Å². The third-order valence-electron chi connectivity index (χ3n) is 3.35. The summed E-state index contributed by atoms with van der Waals surface area (Å²) in [5.41, 5.74) is 0. The van der Waals surface area contributed by atoms with Gasteiger partial charge >= 0.3 is 12.0 Å². The number of likely N-dealkylation sites (N-methyl/N-ethyl adjacent to an activating group) is 1. The van der Waals surface area contributed by atoms with Gasteiger partial charge in [0.1, 0.15) is 12.0 Å². The molecule has 3 atom stereocenters. The fraction of sp³-hybridized carbons (Fsp3) is 0.769. The number of carbonyl (C=O) groups excluding carboxylic acids is 2. The highest BCUT2D eigenvalue weighted by molar-refractivity contribution is 5.87. The molecule has 120 valence electrons. The Kier molecular flexibility index (Phi) is 5.95. The summed E-state index contributed by atoms with van der Waals surface area (Å²) < 4.78 is 5.13. The summed E-state index contributed by atoms with van der Waals surface area (Å²) >= 11 is 0. The number of nitrogens with zero attached hydrogens (tertiary/aromatic N) is 1. The Morgan fingerprint density at radius 1 is 1.19 bits per heavy atom. The molecule has 0 aliphatic carbocycles. The minimum Gasteiger partial charge on any atom is -0.481 e. The fourth-order valence-electron chi connectivity index (χ4n) is 2.07. The van der Waals surface area contributed by atoms with Crippen LogP contribution in [0.1, 0.15) is 20.8 Å². The van der Waals surface area contributed by atoms with Crippen molar-refractivity contribution in [1.82, 2.24) is 15.5 Å². The van der Waals surface area contributed by atoms with Gasteiger partial charge < -0.3 is 25.4 Å². The molecule has 3 unspecified atom stereocenters. The number of nitrogens with one attached hydrogen (secondary N) is 2. The number of carboxylic acid groups (broad SMARTS) is 1. The van der Waals surface area contributed by atoms with E-state index in [0.29, 0.717) is 0 Å². The van der Waals surface area contributed by atoms with Crippen LogP contribution in [0, 0.1) is 5.92 Å². The van der Waals surface area contributed by atoms with E-state index in [9.17, 15) is 14.4 Å². The SMILES string of the molecule is CC(C)NC(=O)C(C)NC(=O)N(C)C1COCC1C(=O)O. The quantitative estimate of drug-likeness (QED) is 0.643. The minimum absolute atomic E-state index is 0.0193. The first kappa shape index (κ1) is 17.2. The monoisotopic (exact) mass is 301 g/mol. The molecule has 1 rings (SSSR count). The van der Waals surface area contributed by atoms with Crippen LogP contribution in [0.4, 0.5) is 4.79 Å². The van der Waals surface area contributed by atoms with Crippen molar-refractivity contribution in [3.05, 3.63) is 0 Å². The third kappa shape index (κ3) is 4.59. The summed E-state index contributed by atoms with van der Waals surface area (Å²) in [6.07, 6.45) is 0. The zero-order valence-corrected chi connectivity index (χ0v) is 12.8. The van der Waals surface area contributed by atoms with Crippen molar-refractivity contribution in [3.8, 4) is 0 Å². The zero-order valence-electron chi connectivity index (χ0n) is 12.8. The normalized spacial score (nSPS) is 22.7. The van der Waals surface area contributed by atoms with Crippen molar-refractivity contribution in [2.75, 3.05) is 20.3 Å². The largest absolute Gasteiger partial charge is 0.481 e. The molecule has 0 saturated carbocycles. The molecule has 3 amide bonds. The summed E-state index contributed by atoms with van der Waals surface area (Å²) in [7, 11) is 1.50. The molecule has 1 heterocycles. The van der Waals surface area contributed by atoms with Crippen molar-refractivity contribution in [2.24, 2.45) is 5.92 Å². The second kappa shape index (κ2) is 7.26. The second-order valence-electron chi connectivity index (χ2n) is 5.49. The fourth-order valence-corrected chi connectivity index (χ4v) is 2.07. The number of carbonyl (C=O) groups is 3. The van der Waals surface area contributed by atoms with E-state index in [1.54, 1.807) is 6.92 Å². The minimum atomic E-state index is -0.997. The van der Waals surface area contributed by atoms with Crippen molar-refractivity contribution in [3.63, 3.8) is 0 Å². The molecule has 1 saturated heterocycles. The standard InChI is InChI=1S/C13H23N3O5/c1-7(2)14-11(17)8(3)15-13(20)16(4)10-6-21-5-9(10)12(18)19/h7-10H,5-6H2,1-4H3,(H,14,17)(H,15,20)(H,18,19). The number of hydrogen-bond acceptors (Lipinski definition) is 4. The highest BCUT2D eigenvalue weighted by Crippen LogP contribution is 2.19. The molecule has 1 fully saturated rings. The van der Waals surface area contributed by atoms with E-state index >= 15 is 0 Å². The highest BCUT2D eigenvalue weighted by Gasteiger charge is 2.38. The van der Waals surface area contributed by atoms with Gasteiger partial charge in [0, 0.05) is 13.1 Å². The van der Waals surface area contributed by atoms with Gasteiger partial charge in [0.2, 0.25) is 5.91 Å². The Bertz CT molecular complexity index is 413. The van der Waals surface area contributed by atoms with E-state index in [0.717, 1.165) is 0 Å². The third-order valence-corrected chi connectivity index (χ3v) is 3.35. The van der Waals surface area contributed by atoms with Gasteiger partial charge in [-0.15, -0.1) is 0 Å². The summed E-state index contributed by atoms with van der Waals surface area (Å²) in [6, 6.07) is -1.76. The Labute approximate surface area is 123 Å². The van der Waals surface area contributed by atoms with Crippen LogP contribution in [0.3, 0.4) is 0 Å². The van der Waals surface area contributed by atoms with Crippen molar-refractivity contribution < 1.29 is 24.2 Å². The molecule has 0 aromatic carbocycles. The zero-order chi connectivity index (χ0) is 16.2. The topological polar surface area (TPSA) is 108 Å². The Morgan fingerprint density at radius 2 is 1.81 bits per heavy atom. The highest BCUT2D eigenvalue weighted by atomic mass is 16.5. The molecule has 0 radical (unpaired) electrons. The molecule has 0 aromatic rings. The number of amides is 3. The number of urea groups is 1. The van der Waals surface area contributed by atoms with Crippen LogP contribution in [0.5, 0.6) is 0 Å². The summed E-state index contributed by atoms with van der Waals surface area (Å²) in [5, 5.41) is 14.3. The van der Waals surface area contributed by atoms with Crippen LogP contribution in [0.25, 0.3) is 0 Å². The first-order chi connectivity index (χ1) is 9.73. The maximum atomic E-state index is 12.1. The van der Waals surface area contributed by atoms with Crippen LogP contribution < -0.4 is 10.6 Å². The molecule has 21 heavy (non-hydrogen) atoms. The van der Waals surface area contributed by atoms with Crippen LogP contribution in [0.15, 0.2) is 0 Å². The Hall–Kier alpha value is -1.83. The maximum Gasteiger partial charge on any atom is 0.318 e. The van der Waals surface area contributed by atoms with Gasteiger partial charge in [0.25, 0.3) is 0 Å². The van der Waals surface area contributed by atoms with Gasteiger partial charge in [-0.1, -0.05) is 0 Å². The number of carboxylic acids is 1. The lowest BCUT2D eigenvalue weighted by Gasteiger charge is -2.28. The lowest BCUT2D eigenvalue weighted by molar-refractivity contribution is -0.142. The molecule has 8 heteroatoms. The molecule has 1 aliphatic heterocycles. The molecule has 0 bridgehead atoms. The smallest absolute Gasteiger partial charge is 0.318 e. The summed E-state index contributed by atoms with van der Waals surface area (Å²) in [4.78, 5) is 36.2. The second-order valence-corrected chi connectivity index (χ2v) is 5.49. The van der Waals surface area contributed by atoms with Gasteiger partial charge in [0.05, 0.1) is 19.3 Å². The first-order valence-electron chi connectivity index (χ1n) is 6.88. The number of aliphatic carboxylic acids is 1. The van der Waals surface area contributed by atoms with Crippen molar-refractivity contribution in [1.29, 1.82) is 0 Å². The van der Waals surface area contributed by atoms with E-state index in [1.807, 2.05) is 13.8 Å². The molecule has 1 aliphatic rings. The average Bonchev–Trinajstić information content (AvgIpc) is 2.85. The molecule has 0 aromatic heterocycles. The van der Waals surface area contributed by atoms with E-state index in [4.69, 9.17) is 9.84 Å². The lowest BCUT2D eigenvalue weighted by atomic mass is 10.0. The van der Waals surface area contributed by atoms with Crippen LogP contribution in [-0.4, -0.2) is 66.3 Å². The van der Waals surface area contributed by atoms with E-state index < -0.39 is 30.0 Å². The molecule has 3 N–H and O–H groups in total. The van der Waals surface area contributed by atoms with E-state index in [1.165, 1.54) is 11.9 Å². The number of rotatable bonds is 5. The molecule has 8 nitrogen and oxygen atoms in total. The Balaban J connectivity index is 2.58. The Morgan fingerprint density at radius 3 is 2.33 bits per heavy atom. The first-order valence-corrected chi connectivity index (χ1v) is 6.88. The molecule has 0 spiro atoms.